The van der Waals surface area contributed by atoms with E-state index in [0.29, 0.717) is 19.1 Å². The second kappa shape index (κ2) is 6.90. The molecule has 0 spiro atoms. The largest absolute Gasteiger partial charge is 0.476 e. The van der Waals surface area contributed by atoms with E-state index in [1.165, 1.54) is 0 Å². The zero-order valence-electron chi connectivity index (χ0n) is 10.1. The molecule has 6 nitrogen and oxygen atoms in total. The number of nitrogens with one attached hydrogen (secondary N) is 1. The SMILES string of the molecule is CC(C)COCCCNc1nc(C(=O)O)co1. The molecule has 0 aliphatic carbocycles. The van der Waals surface area contributed by atoms with Gasteiger partial charge < -0.3 is 19.6 Å². The van der Waals surface area contributed by atoms with E-state index in [-0.39, 0.29) is 11.7 Å². The van der Waals surface area contributed by atoms with Crippen molar-refractivity contribution in [2.24, 2.45) is 5.92 Å². The van der Waals surface area contributed by atoms with E-state index in [1.54, 1.807) is 0 Å². The van der Waals surface area contributed by atoms with Crippen LogP contribution in [0.5, 0.6) is 0 Å². The van der Waals surface area contributed by atoms with E-state index in [2.05, 4.69) is 24.1 Å². The predicted molar refractivity (Wildman–Crippen MR) is 62.2 cm³/mol. The minimum Gasteiger partial charge on any atom is -0.476 e. The summed E-state index contributed by atoms with van der Waals surface area (Å²) in [5.41, 5.74) is -0.0939. The Morgan fingerprint density at radius 1 is 1.65 bits per heavy atom. The van der Waals surface area contributed by atoms with Gasteiger partial charge in [0.25, 0.3) is 6.01 Å². The zero-order chi connectivity index (χ0) is 12.7. The van der Waals surface area contributed by atoms with Gasteiger partial charge in [0, 0.05) is 19.8 Å². The monoisotopic (exact) mass is 242 g/mol. The molecule has 17 heavy (non-hydrogen) atoms. The highest BCUT2D eigenvalue weighted by Gasteiger charge is 2.09. The fourth-order valence-corrected chi connectivity index (χ4v) is 1.14. The summed E-state index contributed by atoms with van der Waals surface area (Å²) in [6, 6.07) is 0.228. The quantitative estimate of drug-likeness (QED) is 0.677. The van der Waals surface area contributed by atoms with Crippen LogP contribution in [0.25, 0.3) is 0 Å². The van der Waals surface area contributed by atoms with Crippen LogP contribution in [0.3, 0.4) is 0 Å². The molecular formula is C11H18N2O4. The van der Waals surface area contributed by atoms with Crippen molar-refractivity contribution in [1.29, 1.82) is 0 Å². The maximum Gasteiger partial charge on any atom is 0.357 e. The number of carboxylic acid groups (broad SMARTS) is 1. The van der Waals surface area contributed by atoms with E-state index in [4.69, 9.17) is 14.3 Å². The van der Waals surface area contributed by atoms with Gasteiger partial charge in [0.2, 0.25) is 0 Å². The third kappa shape index (κ3) is 5.35. The first kappa shape index (κ1) is 13.5. The second-order valence-electron chi connectivity index (χ2n) is 4.09. The molecule has 1 aromatic heterocycles. The second-order valence-corrected chi connectivity index (χ2v) is 4.09. The van der Waals surface area contributed by atoms with Crippen molar-refractivity contribution in [1.82, 2.24) is 4.98 Å². The van der Waals surface area contributed by atoms with Crippen molar-refractivity contribution in [2.45, 2.75) is 20.3 Å². The first-order valence-corrected chi connectivity index (χ1v) is 5.60. The molecule has 0 radical (unpaired) electrons. The number of aromatic carboxylic acids is 1. The lowest BCUT2D eigenvalue weighted by Crippen LogP contribution is -2.08. The molecular weight excluding hydrogens is 224 g/mol. The van der Waals surface area contributed by atoms with Crippen molar-refractivity contribution < 1.29 is 19.1 Å². The summed E-state index contributed by atoms with van der Waals surface area (Å²) in [4.78, 5) is 14.3. The Morgan fingerprint density at radius 2 is 2.41 bits per heavy atom. The predicted octanol–water partition coefficient (Wildman–Crippen LogP) is 1.85. The van der Waals surface area contributed by atoms with Crippen LogP contribution >= 0.6 is 0 Å². The van der Waals surface area contributed by atoms with E-state index in [1.807, 2.05) is 0 Å². The minimum absolute atomic E-state index is 0.0939. The number of hydrogen-bond acceptors (Lipinski definition) is 5. The van der Waals surface area contributed by atoms with Gasteiger partial charge >= 0.3 is 5.97 Å². The fourth-order valence-electron chi connectivity index (χ4n) is 1.14. The number of oxazole rings is 1. The lowest BCUT2D eigenvalue weighted by Gasteiger charge is -2.06. The molecule has 6 heteroatoms. The summed E-state index contributed by atoms with van der Waals surface area (Å²) in [6.07, 6.45) is 1.93. The number of carbonyl (C=O) groups is 1. The van der Waals surface area contributed by atoms with E-state index < -0.39 is 5.97 Å². The molecule has 0 aliphatic heterocycles. The van der Waals surface area contributed by atoms with Crippen LogP contribution in [0.1, 0.15) is 30.8 Å². The van der Waals surface area contributed by atoms with Crippen LogP contribution in [0, 0.1) is 5.92 Å². The normalized spacial score (nSPS) is 10.8. The van der Waals surface area contributed by atoms with Gasteiger partial charge in [-0.2, -0.15) is 4.98 Å². The number of hydrogen-bond donors (Lipinski definition) is 2. The van der Waals surface area contributed by atoms with E-state index in [9.17, 15) is 4.79 Å². The third-order valence-corrected chi connectivity index (χ3v) is 1.92. The third-order valence-electron chi connectivity index (χ3n) is 1.92. The molecule has 96 valence electrons. The van der Waals surface area contributed by atoms with E-state index >= 15 is 0 Å². The summed E-state index contributed by atoms with van der Waals surface area (Å²) in [5, 5.41) is 11.5. The number of aromatic nitrogens is 1. The van der Waals surface area contributed by atoms with Crippen molar-refractivity contribution in [2.75, 3.05) is 25.1 Å². The van der Waals surface area contributed by atoms with Crippen LogP contribution in [-0.2, 0) is 4.74 Å². The highest BCUT2D eigenvalue weighted by Crippen LogP contribution is 2.07. The number of nitrogens with zero attached hydrogens (tertiary/aromatic N) is 1. The highest BCUT2D eigenvalue weighted by molar-refractivity contribution is 5.85. The van der Waals surface area contributed by atoms with Crippen LogP contribution in [0.2, 0.25) is 0 Å². The first-order chi connectivity index (χ1) is 8.09. The van der Waals surface area contributed by atoms with Crippen molar-refractivity contribution in [3.63, 3.8) is 0 Å². The van der Waals surface area contributed by atoms with Crippen molar-refractivity contribution >= 4 is 12.0 Å². The first-order valence-electron chi connectivity index (χ1n) is 5.60. The standard InChI is InChI=1S/C11H18N2O4/c1-8(2)6-16-5-3-4-12-11-13-9(7-17-11)10(14)15/h7-8H,3-6H2,1-2H3,(H,12,13)(H,14,15). The Morgan fingerprint density at radius 3 is 3.00 bits per heavy atom. The zero-order valence-corrected chi connectivity index (χ0v) is 10.1. The van der Waals surface area contributed by atoms with Gasteiger partial charge in [-0.05, 0) is 12.3 Å². The van der Waals surface area contributed by atoms with Crippen LogP contribution in [0.4, 0.5) is 6.01 Å². The smallest absolute Gasteiger partial charge is 0.357 e. The molecule has 1 heterocycles. The maximum atomic E-state index is 10.5. The summed E-state index contributed by atoms with van der Waals surface area (Å²) in [6.45, 7) is 6.24. The Labute approximate surface area is 100.0 Å². The molecule has 0 bridgehead atoms. The average molecular weight is 242 g/mol. The molecule has 0 atom stereocenters. The Kier molecular flexibility index (Phi) is 5.48. The molecule has 0 saturated carbocycles. The molecule has 0 saturated heterocycles. The topological polar surface area (TPSA) is 84.6 Å². The summed E-state index contributed by atoms with van der Waals surface area (Å²) >= 11 is 0. The molecule has 2 N–H and O–H groups in total. The Balaban J connectivity index is 2.11. The van der Waals surface area contributed by atoms with Gasteiger partial charge in [-0.25, -0.2) is 4.79 Å². The van der Waals surface area contributed by atoms with Crippen molar-refractivity contribution in [3.8, 4) is 0 Å². The maximum absolute atomic E-state index is 10.5. The molecule has 0 amide bonds. The van der Waals surface area contributed by atoms with Gasteiger partial charge in [0.1, 0.15) is 6.26 Å². The molecule has 1 aromatic rings. The number of ether oxygens (including phenoxy) is 1. The molecule has 1 rings (SSSR count). The number of anilines is 1. The van der Waals surface area contributed by atoms with Gasteiger partial charge in [0.15, 0.2) is 5.69 Å². The van der Waals surface area contributed by atoms with Crippen LogP contribution in [-0.4, -0.2) is 35.8 Å². The Hall–Kier alpha value is -1.56. The lowest BCUT2D eigenvalue weighted by molar-refractivity contribution is 0.0690. The number of carboxylic acids is 1. The van der Waals surface area contributed by atoms with Gasteiger partial charge in [0.05, 0.1) is 0 Å². The number of rotatable bonds is 8. The summed E-state index contributed by atoms with van der Waals surface area (Å²) in [7, 11) is 0. The van der Waals surface area contributed by atoms with Crippen molar-refractivity contribution in [3.05, 3.63) is 12.0 Å². The minimum atomic E-state index is -1.10. The molecule has 0 unspecified atom stereocenters. The van der Waals surface area contributed by atoms with Gasteiger partial charge in [-0.15, -0.1) is 0 Å². The summed E-state index contributed by atoms with van der Waals surface area (Å²) < 4.78 is 10.3. The Bertz CT molecular complexity index is 349. The molecule has 0 aliphatic rings. The van der Waals surface area contributed by atoms with Crippen LogP contribution < -0.4 is 5.32 Å². The van der Waals surface area contributed by atoms with Gasteiger partial charge in [-0.1, -0.05) is 13.8 Å². The van der Waals surface area contributed by atoms with Crippen LogP contribution in [0.15, 0.2) is 10.7 Å². The van der Waals surface area contributed by atoms with Gasteiger partial charge in [-0.3, -0.25) is 0 Å². The molecule has 0 fully saturated rings. The highest BCUT2D eigenvalue weighted by atomic mass is 16.5. The van der Waals surface area contributed by atoms with E-state index in [0.717, 1.165) is 19.3 Å². The lowest BCUT2D eigenvalue weighted by atomic mass is 10.2. The summed E-state index contributed by atoms with van der Waals surface area (Å²) in [5.74, 6) is -0.560. The molecule has 0 aromatic carbocycles. The fraction of sp³-hybridized carbons (Fsp3) is 0.636. The average Bonchev–Trinajstić information content (AvgIpc) is 2.71.